The second kappa shape index (κ2) is 4.22. The van der Waals surface area contributed by atoms with E-state index in [1.807, 2.05) is 22.9 Å². The van der Waals surface area contributed by atoms with Crippen LogP contribution in [0.3, 0.4) is 0 Å². The number of piperidine rings is 1. The lowest BCUT2D eigenvalue weighted by Crippen LogP contribution is -3.12. The number of para-hydroxylation sites is 1. The Labute approximate surface area is 94.9 Å². The van der Waals surface area contributed by atoms with Gasteiger partial charge in [-0.15, -0.1) is 5.10 Å². The van der Waals surface area contributed by atoms with Gasteiger partial charge < -0.3 is 4.90 Å². The Hall–Kier alpha value is -1.42. The molecule has 0 atom stereocenters. The molecule has 4 heteroatoms. The molecule has 2 heterocycles. The van der Waals surface area contributed by atoms with E-state index in [-0.39, 0.29) is 0 Å². The highest BCUT2D eigenvalue weighted by molar-refractivity contribution is 5.73. The highest BCUT2D eigenvalue weighted by Crippen LogP contribution is 2.08. The summed E-state index contributed by atoms with van der Waals surface area (Å²) < 4.78 is 2.04. The summed E-state index contributed by atoms with van der Waals surface area (Å²) in [7, 11) is 0. The van der Waals surface area contributed by atoms with E-state index in [9.17, 15) is 0 Å². The van der Waals surface area contributed by atoms with Crippen LogP contribution in [0.1, 0.15) is 19.3 Å². The maximum atomic E-state index is 4.24. The van der Waals surface area contributed by atoms with Gasteiger partial charge in [-0.1, -0.05) is 17.3 Å². The minimum Gasteiger partial charge on any atom is -0.316 e. The summed E-state index contributed by atoms with van der Waals surface area (Å²) in [5.74, 6) is 0. The number of hydrogen-bond donors (Lipinski definition) is 1. The van der Waals surface area contributed by atoms with Gasteiger partial charge in [0.2, 0.25) is 0 Å². The molecule has 4 nitrogen and oxygen atoms in total. The van der Waals surface area contributed by atoms with Gasteiger partial charge in [0.1, 0.15) is 5.52 Å². The lowest BCUT2D eigenvalue weighted by atomic mass is 10.1. The van der Waals surface area contributed by atoms with Crippen molar-refractivity contribution in [3.63, 3.8) is 0 Å². The molecule has 1 N–H and O–H groups in total. The molecule has 3 rings (SSSR count). The van der Waals surface area contributed by atoms with Crippen LogP contribution in [0.15, 0.2) is 24.3 Å². The highest BCUT2D eigenvalue weighted by atomic mass is 15.5. The minimum absolute atomic E-state index is 0.959. The van der Waals surface area contributed by atoms with Crippen molar-refractivity contribution in [2.24, 2.45) is 0 Å². The number of rotatable bonds is 2. The maximum Gasteiger partial charge on any atom is 0.175 e. The van der Waals surface area contributed by atoms with Gasteiger partial charge in [0, 0.05) is 0 Å². The number of likely N-dealkylation sites (tertiary alicyclic amines) is 1. The van der Waals surface area contributed by atoms with E-state index in [2.05, 4.69) is 16.4 Å². The fraction of sp³-hybridized carbons (Fsp3) is 0.500. The minimum atomic E-state index is 0.959. The van der Waals surface area contributed by atoms with Crippen molar-refractivity contribution in [2.75, 3.05) is 13.1 Å². The van der Waals surface area contributed by atoms with E-state index in [1.54, 1.807) is 4.90 Å². The number of hydrogen-bond acceptors (Lipinski definition) is 2. The van der Waals surface area contributed by atoms with Gasteiger partial charge in [0.15, 0.2) is 6.67 Å². The van der Waals surface area contributed by atoms with Crippen molar-refractivity contribution < 1.29 is 4.90 Å². The Balaban J connectivity index is 1.83. The Bertz CT molecular complexity index is 471. The summed E-state index contributed by atoms with van der Waals surface area (Å²) >= 11 is 0. The number of benzene rings is 1. The summed E-state index contributed by atoms with van der Waals surface area (Å²) in [4.78, 5) is 1.63. The number of nitrogens with one attached hydrogen (secondary N) is 1. The SMILES string of the molecule is c1ccc2c(c1)nnn2C[NH+]1CCCCC1. The molecule has 84 valence electrons. The average molecular weight is 217 g/mol. The van der Waals surface area contributed by atoms with Crippen LogP contribution in [0, 0.1) is 0 Å². The van der Waals surface area contributed by atoms with Crippen LogP contribution in [-0.4, -0.2) is 28.1 Å². The molecule has 16 heavy (non-hydrogen) atoms. The van der Waals surface area contributed by atoms with Gasteiger partial charge in [0.05, 0.1) is 18.6 Å². The van der Waals surface area contributed by atoms with Crippen LogP contribution in [0.4, 0.5) is 0 Å². The molecule has 0 saturated carbocycles. The van der Waals surface area contributed by atoms with E-state index in [0.717, 1.165) is 17.7 Å². The van der Waals surface area contributed by atoms with Crippen molar-refractivity contribution in [3.05, 3.63) is 24.3 Å². The average Bonchev–Trinajstić information content (AvgIpc) is 2.74. The molecule has 0 amide bonds. The van der Waals surface area contributed by atoms with E-state index >= 15 is 0 Å². The molecule has 0 bridgehead atoms. The molecule has 0 aliphatic carbocycles. The first-order valence-corrected chi connectivity index (χ1v) is 6.05. The molecule has 1 aromatic heterocycles. The second-order valence-electron chi connectivity index (χ2n) is 4.55. The predicted octanol–water partition coefficient (Wildman–Crippen LogP) is 0.458. The zero-order valence-electron chi connectivity index (χ0n) is 9.39. The molecular formula is C12H17N4+. The first-order chi connectivity index (χ1) is 7.93. The molecule has 0 unspecified atom stereocenters. The topological polar surface area (TPSA) is 35.1 Å². The normalized spacial score (nSPS) is 18.0. The third-order valence-electron chi connectivity index (χ3n) is 3.35. The second-order valence-corrected chi connectivity index (χ2v) is 4.55. The molecule has 0 radical (unpaired) electrons. The Morgan fingerprint density at radius 2 is 1.94 bits per heavy atom. The summed E-state index contributed by atoms with van der Waals surface area (Å²) in [5, 5.41) is 8.42. The van der Waals surface area contributed by atoms with Gasteiger partial charge in [-0.3, -0.25) is 0 Å². The Morgan fingerprint density at radius 3 is 2.81 bits per heavy atom. The molecule has 0 spiro atoms. The first kappa shape index (κ1) is 9.78. The van der Waals surface area contributed by atoms with Crippen molar-refractivity contribution >= 4 is 11.0 Å². The summed E-state index contributed by atoms with van der Waals surface area (Å²) in [6.45, 7) is 3.50. The fourth-order valence-corrected chi connectivity index (χ4v) is 2.46. The van der Waals surface area contributed by atoms with Gasteiger partial charge in [-0.05, 0) is 31.4 Å². The van der Waals surface area contributed by atoms with Gasteiger partial charge in [-0.2, -0.15) is 4.68 Å². The van der Waals surface area contributed by atoms with Crippen molar-refractivity contribution in [1.29, 1.82) is 0 Å². The number of nitrogens with zero attached hydrogens (tertiary/aromatic N) is 3. The molecule has 1 aliphatic heterocycles. The lowest BCUT2D eigenvalue weighted by molar-refractivity contribution is -0.927. The predicted molar refractivity (Wildman–Crippen MR) is 62.1 cm³/mol. The van der Waals surface area contributed by atoms with Crippen LogP contribution in [0.5, 0.6) is 0 Å². The Morgan fingerprint density at radius 1 is 1.12 bits per heavy atom. The van der Waals surface area contributed by atoms with E-state index in [4.69, 9.17) is 0 Å². The van der Waals surface area contributed by atoms with Gasteiger partial charge in [0.25, 0.3) is 0 Å². The third kappa shape index (κ3) is 1.80. The fourth-order valence-electron chi connectivity index (χ4n) is 2.46. The summed E-state index contributed by atoms with van der Waals surface area (Å²) in [6.07, 6.45) is 4.09. The smallest absolute Gasteiger partial charge is 0.175 e. The lowest BCUT2D eigenvalue weighted by Gasteiger charge is -2.23. The molecule has 1 aliphatic rings. The summed E-state index contributed by atoms with van der Waals surface area (Å²) in [6, 6.07) is 8.17. The molecule has 2 aromatic rings. The Kier molecular flexibility index (Phi) is 2.58. The monoisotopic (exact) mass is 217 g/mol. The largest absolute Gasteiger partial charge is 0.316 e. The van der Waals surface area contributed by atoms with Crippen LogP contribution in [0.2, 0.25) is 0 Å². The van der Waals surface area contributed by atoms with Crippen molar-refractivity contribution in [1.82, 2.24) is 15.0 Å². The molecule has 1 fully saturated rings. The van der Waals surface area contributed by atoms with Crippen molar-refractivity contribution in [2.45, 2.75) is 25.9 Å². The van der Waals surface area contributed by atoms with Crippen LogP contribution in [0.25, 0.3) is 11.0 Å². The van der Waals surface area contributed by atoms with E-state index in [0.29, 0.717) is 0 Å². The highest BCUT2D eigenvalue weighted by Gasteiger charge is 2.15. The van der Waals surface area contributed by atoms with Crippen molar-refractivity contribution in [3.8, 4) is 0 Å². The standard InChI is InChI=1S/C12H16N4/c1-4-8-15(9-5-1)10-16-12-7-3-2-6-11(12)13-14-16/h2-3,6-7H,1,4-5,8-10H2/p+1. The molecule has 1 saturated heterocycles. The zero-order valence-corrected chi connectivity index (χ0v) is 9.39. The molecule has 1 aromatic carbocycles. The zero-order chi connectivity index (χ0) is 10.8. The van der Waals surface area contributed by atoms with Crippen LogP contribution >= 0.6 is 0 Å². The third-order valence-corrected chi connectivity index (χ3v) is 3.35. The maximum absolute atomic E-state index is 4.24. The number of aromatic nitrogens is 3. The quantitative estimate of drug-likeness (QED) is 0.793. The van der Waals surface area contributed by atoms with Crippen LogP contribution < -0.4 is 4.90 Å². The summed E-state index contributed by atoms with van der Waals surface area (Å²) in [5.41, 5.74) is 2.15. The number of fused-ring (bicyclic) bond motifs is 1. The van der Waals surface area contributed by atoms with Gasteiger partial charge in [-0.25, -0.2) is 0 Å². The molecular weight excluding hydrogens is 200 g/mol. The van der Waals surface area contributed by atoms with E-state index in [1.165, 1.54) is 32.4 Å². The van der Waals surface area contributed by atoms with E-state index < -0.39 is 0 Å². The first-order valence-electron chi connectivity index (χ1n) is 6.05. The number of quaternary nitrogens is 1. The van der Waals surface area contributed by atoms with Gasteiger partial charge >= 0.3 is 0 Å². The van der Waals surface area contributed by atoms with Crippen LogP contribution in [-0.2, 0) is 6.67 Å².